The third-order valence-electron chi connectivity index (χ3n) is 4.01. The Labute approximate surface area is 165 Å². The first-order valence-electron chi connectivity index (χ1n) is 8.26. The van der Waals surface area contributed by atoms with Gasteiger partial charge in [-0.1, -0.05) is 54.1 Å². The van der Waals surface area contributed by atoms with Gasteiger partial charge in [0.05, 0.1) is 4.92 Å². The van der Waals surface area contributed by atoms with E-state index in [0.717, 1.165) is 0 Å². The Bertz CT molecular complexity index is 1020. The molecule has 0 aliphatic carbocycles. The Morgan fingerprint density at radius 3 is 2.14 bits per heavy atom. The highest BCUT2D eigenvalue weighted by Gasteiger charge is 2.29. The maximum atomic E-state index is 13.0. The first-order chi connectivity index (χ1) is 13.5. The van der Waals surface area contributed by atoms with E-state index in [0.29, 0.717) is 16.1 Å². The first-order valence-corrected chi connectivity index (χ1v) is 8.64. The fourth-order valence-electron chi connectivity index (χ4n) is 2.64. The molecule has 140 valence electrons. The number of hydrogen-bond acceptors (Lipinski definition) is 5. The van der Waals surface area contributed by atoms with Gasteiger partial charge in [-0.25, -0.2) is 4.79 Å². The summed E-state index contributed by atoms with van der Waals surface area (Å²) in [4.78, 5) is 36.1. The normalized spacial score (nSPS) is 11.5. The van der Waals surface area contributed by atoms with E-state index in [-0.39, 0.29) is 5.56 Å². The Morgan fingerprint density at radius 2 is 1.50 bits per heavy atom. The largest absolute Gasteiger partial charge is 0.445 e. The van der Waals surface area contributed by atoms with E-state index in [9.17, 15) is 19.7 Å². The van der Waals surface area contributed by atoms with E-state index in [4.69, 9.17) is 16.3 Å². The van der Waals surface area contributed by atoms with Crippen LogP contribution in [-0.2, 0) is 4.74 Å². The van der Waals surface area contributed by atoms with Gasteiger partial charge in [-0.05, 0) is 30.3 Å². The Kier molecular flexibility index (Phi) is 5.81. The molecule has 28 heavy (non-hydrogen) atoms. The van der Waals surface area contributed by atoms with E-state index in [1.54, 1.807) is 42.5 Å². The zero-order valence-electron chi connectivity index (χ0n) is 14.4. The van der Waals surface area contributed by atoms with Crippen molar-refractivity contribution in [2.45, 2.75) is 6.10 Å². The summed E-state index contributed by atoms with van der Waals surface area (Å²) in [5.41, 5.74) is 0.138. The lowest BCUT2D eigenvalue weighted by Crippen LogP contribution is -2.21. The van der Waals surface area contributed by atoms with Crippen molar-refractivity contribution in [2.75, 3.05) is 0 Å². The number of esters is 1. The quantitative estimate of drug-likeness (QED) is 0.253. The van der Waals surface area contributed by atoms with Crippen molar-refractivity contribution >= 4 is 29.0 Å². The smallest absolute Gasteiger partial charge is 0.346 e. The second-order valence-electron chi connectivity index (χ2n) is 5.84. The van der Waals surface area contributed by atoms with Gasteiger partial charge in [0, 0.05) is 22.2 Å². The molecule has 3 aromatic carbocycles. The van der Waals surface area contributed by atoms with E-state index >= 15 is 0 Å². The average Bonchev–Trinajstić information content (AvgIpc) is 2.72. The van der Waals surface area contributed by atoms with E-state index < -0.39 is 28.5 Å². The van der Waals surface area contributed by atoms with Crippen LogP contribution in [0.15, 0.2) is 78.9 Å². The minimum atomic E-state index is -1.25. The molecule has 6 nitrogen and oxygen atoms in total. The van der Waals surface area contributed by atoms with Crippen LogP contribution in [0.25, 0.3) is 0 Å². The maximum Gasteiger partial charge on any atom is 0.346 e. The number of carbonyl (C=O) groups excluding carboxylic acids is 2. The number of carbonyl (C=O) groups is 2. The summed E-state index contributed by atoms with van der Waals surface area (Å²) >= 11 is 5.86. The van der Waals surface area contributed by atoms with Crippen molar-refractivity contribution in [3.63, 3.8) is 0 Å². The highest BCUT2D eigenvalue weighted by Crippen LogP contribution is 2.27. The lowest BCUT2D eigenvalue weighted by Gasteiger charge is -2.17. The Balaban J connectivity index is 1.97. The molecule has 3 aromatic rings. The van der Waals surface area contributed by atoms with Gasteiger partial charge in [0.15, 0.2) is 6.10 Å². The minimum Gasteiger partial charge on any atom is -0.445 e. The summed E-state index contributed by atoms with van der Waals surface area (Å²) in [7, 11) is 0. The van der Waals surface area contributed by atoms with Gasteiger partial charge in [0.1, 0.15) is 5.56 Å². The van der Waals surface area contributed by atoms with Crippen molar-refractivity contribution in [3.05, 3.63) is 111 Å². The predicted octanol–water partition coefficient (Wildman–Crippen LogP) is 5.03. The monoisotopic (exact) mass is 395 g/mol. The molecule has 0 saturated carbocycles. The fraction of sp³-hybridized carbons (Fsp3) is 0.0476. The number of nitro groups is 1. The maximum absolute atomic E-state index is 13.0. The van der Waals surface area contributed by atoms with Crippen LogP contribution in [0, 0.1) is 10.1 Å². The van der Waals surface area contributed by atoms with Crippen LogP contribution in [0.3, 0.4) is 0 Å². The minimum absolute atomic E-state index is 0.225. The number of hydrogen-bond donors (Lipinski definition) is 0. The topological polar surface area (TPSA) is 86.5 Å². The van der Waals surface area contributed by atoms with E-state index in [2.05, 4.69) is 0 Å². The van der Waals surface area contributed by atoms with Crippen molar-refractivity contribution in [3.8, 4) is 0 Å². The molecule has 0 amide bonds. The van der Waals surface area contributed by atoms with E-state index in [1.807, 2.05) is 0 Å². The number of para-hydroxylation sites is 1. The van der Waals surface area contributed by atoms with Crippen LogP contribution in [0.1, 0.15) is 32.4 Å². The number of Topliss-reactive ketones (excluding diaryl/α,β-unsaturated/α-hetero) is 1. The molecule has 0 radical (unpaired) electrons. The number of nitro benzene ring substituents is 1. The standard InChI is InChI=1S/C21H14ClNO5/c22-16-12-10-14(11-13-16)19(24)20(15-6-2-1-3-7-15)28-21(25)17-8-4-5-9-18(17)23(26)27/h1-13,20H/t20-/m1/s1. The predicted molar refractivity (Wildman–Crippen MR) is 103 cm³/mol. The SMILES string of the molecule is O=C(O[C@@H](C(=O)c1ccc(Cl)cc1)c1ccccc1)c1ccccc1[N+](=O)[O-]. The van der Waals surface area contributed by atoms with Crippen molar-refractivity contribution in [1.29, 1.82) is 0 Å². The lowest BCUT2D eigenvalue weighted by molar-refractivity contribution is -0.385. The summed E-state index contributed by atoms with van der Waals surface area (Å²) in [6, 6.07) is 20.1. The molecular formula is C21H14ClNO5. The molecule has 1 atom stereocenters. The van der Waals surface area contributed by atoms with Gasteiger partial charge in [-0.2, -0.15) is 0 Å². The van der Waals surface area contributed by atoms with Gasteiger partial charge >= 0.3 is 5.97 Å². The summed E-state index contributed by atoms with van der Waals surface area (Å²) < 4.78 is 5.43. The van der Waals surface area contributed by atoms with Gasteiger partial charge in [0.25, 0.3) is 5.69 Å². The van der Waals surface area contributed by atoms with Gasteiger partial charge in [-0.15, -0.1) is 0 Å². The summed E-state index contributed by atoms with van der Waals surface area (Å²) in [5.74, 6) is -1.42. The molecule has 0 bridgehead atoms. The molecule has 0 aliphatic rings. The van der Waals surface area contributed by atoms with Crippen molar-refractivity contribution in [1.82, 2.24) is 0 Å². The molecule has 0 N–H and O–H groups in total. The van der Waals surface area contributed by atoms with Crippen LogP contribution in [0.2, 0.25) is 5.02 Å². The molecular weight excluding hydrogens is 382 g/mol. The molecule has 0 aromatic heterocycles. The van der Waals surface area contributed by atoms with Crippen LogP contribution in [-0.4, -0.2) is 16.7 Å². The second-order valence-corrected chi connectivity index (χ2v) is 6.28. The summed E-state index contributed by atoms with van der Waals surface area (Å²) in [6.07, 6.45) is -1.25. The second kappa shape index (κ2) is 8.45. The highest BCUT2D eigenvalue weighted by molar-refractivity contribution is 6.30. The van der Waals surface area contributed by atoms with Gasteiger partial charge < -0.3 is 4.74 Å². The molecule has 0 fully saturated rings. The number of nitrogens with zero attached hydrogens (tertiary/aromatic N) is 1. The molecule has 0 aliphatic heterocycles. The molecule has 0 unspecified atom stereocenters. The lowest BCUT2D eigenvalue weighted by atomic mass is 9.99. The van der Waals surface area contributed by atoms with Gasteiger partial charge in [0.2, 0.25) is 5.78 Å². The zero-order valence-corrected chi connectivity index (χ0v) is 15.2. The van der Waals surface area contributed by atoms with Crippen molar-refractivity contribution in [2.24, 2.45) is 0 Å². The first kappa shape index (κ1) is 19.3. The fourth-order valence-corrected chi connectivity index (χ4v) is 2.77. The Morgan fingerprint density at radius 1 is 0.893 bits per heavy atom. The molecule has 7 heteroatoms. The third kappa shape index (κ3) is 4.24. The number of ketones is 1. The zero-order chi connectivity index (χ0) is 20.1. The number of ether oxygens (including phenoxy) is 1. The number of rotatable bonds is 6. The molecule has 3 rings (SSSR count). The summed E-state index contributed by atoms with van der Waals surface area (Å²) in [5, 5.41) is 11.7. The van der Waals surface area contributed by atoms with Gasteiger partial charge in [-0.3, -0.25) is 14.9 Å². The highest BCUT2D eigenvalue weighted by atomic mass is 35.5. The van der Waals surface area contributed by atoms with Crippen molar-refractivity contribution < 1.29 is 19.2 Å². The number of halogens is 1. The average molecular weight is 396 g/mol. The molecule has 0 heterocycles. The van der Waals surface area contributed by atoms with E-state index in [1.165, 1.54) is 36.4 Å². The summed E-state index contributed by atoms with van der Waals surface area (Å²) in [6.45, 7) is 0. The Hall–Kier alpha value is -3.51. The number of benzene rings is 3. The molecule has 0 spiro atoms. The van der Waals surface area contributed by atoms with Crippen LogP contribution >= 0.6 is 11.6 Å². The van der Waals surface area contributed by atoms with Crippen LogP contribution < -0.4 is 0 Å². The third-order valence-corrected chi connectivity index (χ3v) is 4.27. The molecule has 0 saturated heterocycles. The van der Waals surface area contributed by atoms with Crippen LogP contribution in [0.5, 0.6) is 0 Å². The van der Waals surface area contributed by atoms with Crippen LogP contribution in [0.4, 0.5) is 5.69 Å².